The summed E-state index contributed by atoms with van der Waals surface area (Å²) in [6.07, 6.45) is -5.02. The summed E-state index contributed by atoms with van der Waals surface area (Å²) in [5, 5.41) is 10.5. The number of carbonyl (C=O) groups is 4. The molecule has 1 N–H and O–H groups in total. The highest BCUT2D eigenvalue weighted by molar-refractivity contribution is 6.06. The molecule has 0 amide bonds. The van der Waals surface area contributed by atoms with Crippen molar-refractivity contribution in [2.45, 2.75) is 39.3 Å². The molecule has 6 rings (SSSR count). The number of alkyl halides is 3. The van der Waals surface area contributed by atoms with Crippen molar-refractivity contribution in [2.75, 3.05) is 7.11 Å². The SMILES string of the molecule is COc1ccc2c(c1)c(C(C)C(=O)Oc1ccc3c(c1)c(CC(=O)O)c(C)n3C(=O)c1ccc(F)cc1)c(C)n2C(=O)c1ccc(C(F)(F)F)cc1. The number of fused-ring (bicyclic) bond motifs is 2. The molecule has 6 aromatic rings. The number of esters is 1. The van der Waals surface area contributed by atoms with E-state index in [-0.39, 0.29) is 16.9 Å². The van der Waals surface area contributed by atoms with Crippen LogP contribution in [0.15, 0.2) is 84.9 Å². The van der Waals surface area contributed by atoms with Crippen LogP contribution in [0.25, 0.3) is 21.8 Å². The monoisotopic (exact) mass is 714 g/mol. The Kier molecular flexibility index (Phi) is 9.22. The molecule has 2 heterocycles. The van der Waals surface area contributed by atoms with Crippen LogP contribution in [-0.4, -0.2) is 45.1 Å². The second-order valence-electron chi connectivity index (χ2n) is 12.2. The lowest BCUT2D eigenvalue weighted by atomic mass is 9.98. The van der Waals surface area contributed by atoms with Crippen LogP contribution in [0.3, 0.4) is 0 Å². The van der Waals surface area contributed by atoms with Gasteiger partial charge in [0.2, 0.25) is 0 Å². The predicted molar refractivity (Wildman–Crippen MR) is 183 cm³/mol. The molecule has 266 valence electrons. The van der Waals surface area contributed by atoms with Gasteiger partial charge >= 0.3 is 18.1 Å². The van der Waals surface area contributed by atoms with Crippen molar-refractivity contribution in [2.24, 2.45) is 0 Å². The van der Waals surface area contributed by atoms with Crippen LogP contribution in [0.1, 0.15) is 61.6 Å². The van der Waals surface area contributed by atoms with E-state index in [0.29, 0.717) is 50.1 Å². The summed E-state index contributed by atoms with van der Waals surface area (Å²) in [5.41, 5.74) is 1.44. The Labute approximate surface area is 293 Å². The number of carbonyl (C=O) groups excluding carboxylic acids is 3. The van der Waals surface area contributed by atoms with Crippen molar-refractivity contribution in [1.29, 1.82) is 0 Å². The van der Waals surface area contributed by atoms with Gasteiger partial charge in [0, 0.05) is 33.3 Å². The maximum absolute atomic E-state index is 13.8. The van der Waals surface area contributed by atoms with Crippen LogP contribution in [0, 0.1) is 19.7 Å². The smallest absolute Gasteiger partial charge is 0.416 e. The number of hydrogen-bond acceptors (Lipinski definition) is 6. The van der Waals surface area contributed by atoms with Crippen molar-refractivity contribution in [1.82, 2.24) is 9.13 Å². The zero-order valence-electron chi connectivity index (χ0n) is 28.2. The summed E-state index contributed by atoms with van der Waals surface area (Å²) in [5.74, 6) is -4.03. The van der Waals surface area contributed by atoms with E-state index in [0.717, 1.165) is 36.4 Å². The van der Waals surface area contributed by atoms with Gasteiger partial charge in [-0.05, 0) is 117 Å². The number of benzene rings is 4. The summed E-state index contributed by atoms with van der Waals surface area (Å²) < 4.78 is 67.0. The highest BCUT2D eigenvalue weighted by Crippen LogP contribution is 2.37. The van der Waals surface area contributed by atoms with E-state index in [1.807, 2.05) is 0 Å². The number of nitrogens with zero attached hydrogens (tertiary/aromatic N) is 2. The third kappa shape index (κ3) is 6.41. The maximum Gasteiger partial charge on any atom is 0.416 e. The summed E-state index contributed by atoms with van der Waals surface area (Å²) >= 11 is 0. The Balaban J connectivity index is 1.38. The fraction of sp³-hybridized carbons (Fsp3) is 0.179. The van der Waals surface area contributed by atoms with Crippen LogP contribution >= 0.6 is 0 Å². The van der Waals surface area contributed by atoms with Crippen LogP contribution in [-0.2, 0) is 22.2 Å². The Bertz CT molecular complexity index is 2410. The molecule has 1 atom stereocenters. The lowest BCUT2D eigenvalue weighted by molar-refractivity contribution is -0.138. The molecule has 0 radical (unpaired) electrons. The summed E-state index contributed by atoms with van der Waals surface area (Å²) in [7, 11) is 1.45. The van der Waals surface area contributed by atoms with Crippen molar-refractivity contribution in [3.8, 4) is 11.5 Å². The van der Waals surface area contributed by atoms with E-state index in [4.69, 9.17) is 9.47 Å². The van der Waals surface area contributed by atoms with E-state index < -0.39 is 53.6 Å². The molecule has 0 bridgehead atoms. The normalized spacial score (nSPS) is 12.2. The lowest BCUT2D eigenvalue weighted by Crippen LogP contribution is -2.18. The first-order chi connectivity index (χ1) is 24.6. The molecular formula is C39H30F4N2O7. The summed E-state index contributed by atoms with van der Waals surface area (Å²) in [4.78, 5) is 52.9. The van der Waals surface area contributed by atoms with Gasteiger partial charge in [0.15, 0.2) is 0 Å². The average Bonchev–Trinajstić information content (AvgIpc) is 3.55. The molecule has 1 unspecified atom stereocenters. The maximum atomic E-state index is 13.8. The number of carboxylic acid groups (broad SMARTS) is 1. The van der Waals surface area contributed by atoms with Gasteiger partial charge in [0.25, 0.3) is 11.8 Å². The van der Waals surface area contributed by atoms with E-state index >= 15 is 0 Å². The summed E-state index contributed by atoms with van der Waals surface area (Å²) in [6, 6.07) is 18.1. The first-order valence-corrected chi connectivity index (χ1v) is 15.9. The van der Waals surface area contributed by atoms with Gasteiger partial charge in [-0.25, -0.2) is 4.39 Å². The minimum Gasteiger partial charge on any atom is -0.497 e. The fourth-order valence-corrected chi connectivity index (χ4v) is 6.49. The van der Waals surface area contributed by atoms with Gasteiger partial charge in [-0.2, -0.15) is 13.2 Å². The quantitative estimate of drug-likeness (QED) is 0.0963. The molecule has 0 fully saturated rings. The zero-order chi connectivity index (χ0) is 37.6. The number of aromatic nitrogens is 2. The molecule has 0 saturated heterocycles. The van der Waals surface area contributed by atoms with E-state index in [2.05, 4.69) is 0 Å². The molecule has 13 heteroatoms. The van der Waals surface area contributed by atoms with Crippen LogP contribution in [0.2, 0.25) is 0 Å². The topological polar surface area (TPSA) is 117 Å². The zero-order valence-corrected chi connectivity index (χ0v) is 28.2. The van der Waals surface area contributed by atoms with Gasteiger partial charge < -0.3 is 14.6 Å². The Morgan fingerprint density at radius 1 is 0.750 bits per heavy atom. The fourth-order valence-electron chi connectivity index (χ4n) is 6.49. The van der Waals surface area contributed by atoms with E-state index in [1.165, 1.54) is 46.6 Å². The van der Waals surface area contributed by atoms with Gasteiger partial charge in [-0.1, -0.05) is 0 Å². The Hall–Kier alpha value is -6.24. The second kappa shape index (κ2) is 13.5. The van der Waals surface area contributed by atoms with Gasteiger partial charge in [-0.3, -0.25) is 28.3 Å². The largest absolute Gasteiger partial charge is 0.497 e. The Morgan fingerprint density at radius 3 is 1.83 bits per heavy atom. The van der Waals surface area contributed by atoms with Gasteiger partial charge in [-0.15, -0.1) is 0 Å². The van der Waals surface area contributed by atoms with Crippen molar-refractivity contribution in [3.05, 3.63) is 130 Å². The molecule has 0 aliphatic heterocycles. The third-order valence-corrected chi connectivity index (χ3v) is 9.06. The van der Waals surface area contributed by atoms with Gasteiger partial charge in [0.1, 0.15) is 17.3 Å². The Morgan fingerprint density at radius 2 is 1.27 bits per heavy atom. The highest BCUT2D eigenvalue weighted by Gasteiger charge is 2.32. The minimum atomic E-state index is -4.58. The van der Waals surface area contributed by atoms with Crippen LogP contribution in [0.4, 0.5) is 17.6 Å². The standard InChI is InChI=1S/C39H30F4N2O7/c1-20(35-22(3)45(33-15-13-27(51-4)17-31(33)35)37(49)23-5-9-25(10-6-23)39(41,42)43)38(50)52-28-14-16-32-30(18-28)29(19-34(46)47)21(2)44(32)36(48)24-7-11-26(40)12-8-24/h5-18,20H,19H2,1-4H3,(H,46,47). The van der Waals surface area contributed by atoms with E-state index in [9.17, 15) is 41.8 Å². The minimum absolute atomic E-state index is 0.00351. The molecule has 0 aliphatic carbocycles. The van der Waals surface area contributed by atoms with Crippen molar-refractivity contribution >= 4 is 45.6 Å². The molecule has 4 aromatic carbocycles. The number of methoxy groups -OCH3 is 1. The van der Waals surface area contributed by atoms with Crippen LogP contribution in [0.5, 0.6) is 11.5 Å². The number of halogens is 4. The molecule has 0 spiro atoms. The molecule has 9 nitrogen and oxygen atoms in total. The molecule has 0 aliphatic rings. The van der Waals surface area contributed by atoms with Crippen molar-refractivity contribution < 1.29 is 51.3 Å². The molecular weight excluding hydrogens is 684 g/mol. The first kappa shape index (κ1) is 35.6. The molecule has 52 heavy (non-hydrogen) atoms. The third-order valence-electron chi connectivity index (χ3n) is 9.06. The first-order valence-electron chi connectivity index (χ1n) is 15.9. The number of carboxylic acids is 1. The van der Waals surface area contributed by atoms with E-state index in [1.54, 1.807) is 39.0 Å². The van der Waals surface area contributed by atoms with Gasteiger partial charge in [0.05, 0.1) is 36.0 Å². The highest BCUT2D eigenvalue weighted by atomic mass is 19.4. The second-order valence-corrected chi connectivity index (χ2v) is 12.2. The number of aliphatic carboxylic acids is 1. The average molecular weight is 715 g/mol. The lowest BCUT2D eigenvalue weighted by Gasteiger charge is -2.14. The number of hydrogen-bond donors (Lipinski definition) is 1. The molecule has 0 saturated carbocycles. The molecule has 2 aromatic heterocycles. The number of rotatable bonds is 8. The van der Waals surface area contributed by atoms with Crippen LogP contribution < -0.4 is 9.47 Å². The predicted octanol–water partition coefficient (Wildman–Crippen LogP) is 8.09. The van der Waals surface area contributed by atoms with Crippen molar-refractivity contribution in [3.63, 3.8) is 0 Å². The number of ether oxygens (including phenoxy) is 2. The summed E-state index contributed by atoms with van der Waals surface area (Å²) in [6.45, 7) is 4.78.